The summed E-state index contributed by atoms with van der Waals surface area (Å²) < 4.78 is 7.07. The fourth-order valence-electron chi connectivity index (χ4n) is 1.37. The van der Waals surface area contributed by atoms with E-state index in [-0.39, 0.29) is 0 Å². The monoisotopic (exact) mass is 279 g/mol. The maximum absolute atomic E-state index is 5.44. The van der Waals surface area contributed by atoms with Crippen molar-refractivity contribution in [1.29, 1.82) is 0 Å². The molecule has 0 saturated heterocycles. The standard InChI is InChI=1S/C10H9N5OS2/c1-15-10(12-13-14-15)18-6-7-5-16-9(11-7)8-3-2-4-17-8/h2-5H,6H2,1H3. The molecule has 0 unspecified atom stereocenters. The van der Waals surface area contributed by atoms with E-state index in [1.165, 1.54) is 11.8 Å². The number of thioether (sulfide) groups is 1. The van der Waals surface area contributed by atoms with Gasteiger partial charge in [-0.05, 0) is 21.9 Å². The third-order valence-electron chi connectivity index (χ3n) is 2.21. The normalized spacial score (nSPS) is 10.9. The predicted molar refractivity (Wildman–Crippen MR) is 68.2 cm³/mol. The first kappa shape index (κ1) is 11.4. The molecule has 0 radical (unpaired) electrons. The highest BCUT2D eigenvalue weighted by Crippen LogP contribution is 2.26. The largest absolute Gasteiger partial charge is 0.444 e. The van der Waals surface area contributed by atoms with Gasteiger partial charge in [0, 0.05) is 12.8 Å². The summed E-state index contributed by atoms with van der Waals surface area (Å²) in [6.07, 6.45) is 1.67. The molecule has 3 heterocycles. The van der Waals surface area contributed by atoms with E-state index in [1.54, 1.807) is 22.3 Å². The first-order valence-electron chi connectivity index (χ1n) is 5.16. The molecular weight excluding hydrogens is 270 g/mol. The lowest BCUT2D eigenvalue weighted by Gasteiger charge is -1.94. The second kappa shape index (κ2) is 4.91. The SMILES string of the molecule is Cn1nnnc1SCc1coc(-c2cccs2)n1. The second-order valence-electron chi connectivity index (χ2n) is 3.50. The summed E-state index contributed by atoms with van der Waals surface area (Å²) in [5, 5.41) is 14.0. The van der Waals surface area contributed by atoms with Crippen LogP contribution in [0.1, 0.15) is 5.69 Å². The van der Waals surface area contributed by atoms with E-state index in [9.17, 15) is 0 Å². The van der Waals surface area contributed by atoms with Crippen LogP contribution >= 0.6 is 23.1 Å². The molecule has 0 N–H and O–H groups in total. The predicted octanol–water partition coefficient (Wildman–Crippen LogP) is 2.22. The smallest absolute Gasteiger partial charge is 0.236 e. The van der Waals surface area contributed by atoms with Crippen LogP contribution in [0.25, 0.3) is 10.8 Å². The van der Waals surface area contributed by atoms with Crippen LogP contribution in [0.15, 0.2) is 33.3 Å². The van der Waals surface area contributed by atoms with Gasteiger partial charge in [-0.25, -0.2) is 9.67 Å². The van der Waals surface area contributed by atoms with Crippen LogP contribution in [0.5, 0.6) is 0 Å². The Morgan fingerprint density at radius 3 is 3.17 bits per heavy atom. The molecule has 18 heavy (non-hydrogen) atoms. The number of aryl methyl sites for hydroxylation is 1. The summed E-state index contributed by atoms with van der Waals surface area (Å²) in [5.41, 5.74) is 0.881. The Labute approximate surface area is 111 Å². The topological polar surface area (TPSA) is 69.6 Å². The van der Waals surface area contributed by atoms with Gasteiger partial charge in [0.05, 0.1) is 10.6 Å². The average Bonchev–Trinajstić information content (AvgIpc) is 3.08. The summed E-state index contributed by atoms with van der Waals surface area (Å²) in [5.74, 6) is 1.35. The van der Waals surface area contributed by atoms with Crippen LogP contribution in [0.3, 0.4) is 0 Å². The minimum atomic E-state index is 0.664. The fourth-order valence-corrected chi connectivity index (χ4v) is 2.75. The van der Waals surface area contributed by atoms with E-state index in [0.29, 0.717) is 11.6 Å². The number of hydrogen-bond acceptors (Lipinski definition) is 7. The van der Waals surface area contributed by atoms with E-state index in [4.69, 9.17) is 4.42 Å². The Bertz CT molecular complexity index is 630. The van der Waals surface area contributed by atoms with Crippen LogP contribution < -0.4 is 0 Å². The zero-order valence-electron chi connectivity index (χ0n) is 9.48. The van der Waals surface area contributed by atoms with Gasteiger partial charge in [0.2, 0.25) is 11.0 Å². The molecule has 0 bridgehead atoms. The van der Waals surface area contributed by atoms with Gasteiger partial charge in [-0.3, -0.25) is 0 Å². The zero-order valence-corrected chi connectivity index (χ0v) is 11.1. The molecule has 3 aromatic heterocycles. The third-order valence-corrected chi connectivity index (χ3v) is 4.12. The molecule has 0 saturated carbocycles. The number of aromatic nitrogens is 5. The zero-order chi connectivity index (χ0) is 12.4. The van der Waals surface area contributed by atoms with E-state index in [0.717, 1.165) is 15.7 Å². The van der Waals surface area contributed by atoms with Crippen molar-refractivity contribution in [3.05, 3.63) is 29.5 Å². The highest BCUT2D eigenvalue weighted by molar-refractivity contribution is 7.98. The van der Waals surface area contributed by atoms with Crippen molar-refractivity contribution in [3.63, 3.8) is 0 Å². The number of oxazole rings is 1. The number of nitrogens with zero attached hydrogens (tertiary/aromatic N) is 5. The molecule has 0 aromatic carbocycles. The molecule has 0 spiro atoms. The molecular formula is C10H9N5OS2. The molecule has 3 aromatic rings. The first-order chi connectivity index (χ1) is 8.83. The van der Waals surface area contributed by atoms with Crippen molar-refractivity contribution in [3.8, 4) is 10.8 Å². The lowest BCUT2D eigenvalue weighted by atomic mass is 10.5. The highest BCUT2D eigenvalue weighted by Gasteiger charge is 2.09. The van der Waals surface area contributed by atoms with Crippen LogP contribution in [0.4, 0.5) is 0 Å². The van der Waals surface area contributed by atoms with E-state index in [1.807, 2.05) is 24.6 Å². The third kappa shape index (κ3) is 2.29. The van der Waals surface area contributed by atoms with Crippen LogP contribution in [0.2, 0.25) is 0 Å². The number of hydrogen-bond donors (Lipinski definition) is 0. The van der Waals surface area contributed by atoms with Crippen molar-refractivity contribution in [2.24, 2.45) is 7.05 Å². The Balaban J connectivity index is 1.69. The quantitative estimate of drug-likeness (QED) is 0.682. The van der Waals surface area contributed by atoms with Crippen molar-refractivity contribution >= 4 is 23.1 Å². The fraction of sp³-hybridized carbons (Fsp3) is 0.200. The summed E-state index contributed by atoms with van der Waals surface area (Å²) in [6.45, 7) is 0. The maximum Gasteiger partial charge on any atom is 0.236 e. The Morgan fingerprint density at radius 2 is 2.44 bits per heavy atom. The molecule has 92 valence electrons. The van der Waals surface area contributed by atoms with E-state index < -0.39 is 0 Å². The lowest BCUT2D eigenvalue weighted by Crippen LogP contribution is -1.93. The van der Waals surface area contributed by atoms with Crippen molar-refractivity contribution in [2.45, 2.75) is 10.9 Å². The van der Waals surface area contributed by atoms with Crippen molar-refractivity contribution in [1.82, 2.24) is 25.2 Å². The van der Waals surface area contributed by atoms with Gasteiger partial charge in [0.25, 0.3) is 0 Å². The van der Waals surface area contributed by atoms with Gasteiger partial charge in [-0.15, -0.1) is 16.4 Å². The number of tetrazole rings is 1. The number of thiophene rings is 1. The minimum absolute atomic E-state index is 0.664. The van der Waals surface area contributed by atoms with Crippen LogP contribution in [-0.2, 0) is 12.8 Å². The molecule has 3 rings (SSSR count). The lowest BCUT2D eigenvalue weighted by molar-refractivity contribution is 0.575. The molecule has 0 aliphatic heterocycles. The summed E-state index contributed by atoms with van der Waals surface area (Å²) in [4.78, 5) is 5.46. The van der Waals surface area contributed by atoms with Gasteiger partial charge in [-0.2, -0.15) is 0 Å². The Hall–Kier alpha value is -1.67. The summed E-state index contributed by atoms with van der Waals surface area (Å²) in [7, 11) is 1.81. The molecule has 0 amide bonds. The number of rotatable bonds is 4. The van der Waals surface area contributed by atoms with E-state index >= 15 is 0 Å². The van der Waals surface area contributed by atoms with Crippen molar-refractivity contribution in [2.75, 3.05) is 0 Å². The van der Waals surface area contributed by atoms with Crippen LogP contribution in [0, 0.1) is 0 Å². The molecule has 0 aliphatic carbocycles. The average molecular weight is 279 g/mol. The van der Waals surface area contributed by atoms with Gasteiger partial charge >= 0.3 is 0 Å². The highest BCUT2D eigenvalue weighted by atomic mass is 32.2. The van der Waals surface area contributed by atoms with Gasteiger partial charge < -0.3 is 4.42 Å². The molecule has 0 fully saturated rings. The molecule has 6 nitrogen and oxygen atoms in total. The van der Waals surface area contributed by atoms with E-state index in [2.05, 4.69) is 20.5 Å². The van der Waals surface area contributed by atoms with Crippen LogP contribution in [-0.4, -0.2) is 25.2 Å². The minimum Gasteiger partial charge on any atom is -0.444 e. The van der Waals surface area contributed by atoms with Gasteiger partial charge in [0.1, 0.15) is 6.26 Å². The first-order valence-corrected chi connectivity index (χ1v) is 7.03. The summed E-state index contributed by atoms with van der Waals surface area (Å²) >= 11 is 3.13. The van der Waals surface area contributed by atoms with Gasteiger partial charge in [0.15, 0.2) is 0 Å². The van der Waals surface area contributed by atoms with Crippen molar-refractivity contribution < 1.29 is 4.42 Å². The maximum atomic E-state index is 5.44. The summed E-state index contributed by atoms with van der Waals surface area (Å²) in [6, 6.07) is 3.96. The Morgan fingerprint density at radius 1 is 1.50 bits per heavy atom. The van der Waals surface area contributed by atoms with Gasteiger partial charge in [-0.1, -0.05) is 17.8 Å². The molecule has 0 atom stereocenters. The Kier molecular flexibility index (Phi) is 3.11. The molecule has 0 aliphatic rings. The second-order valence-corrected chi connectivity index (χ2v) is 5.39. The molecule has 8 heteroatoms.